The van der Waals surface area contributed by atoms with Crippen LogP contribution in [0.15, 0.2) is 11.0 Å². The van der Waals surface area contributed by atoms with E-state index >= 15 is 0 Å². The predicted octanol–water partition coefficient (Wildman–Crippen LogP) is 1.02. The number of rotatable bonds is 2. The highest BCUT2D eigenvalue weighted by molar-refractivity contribution is 14.1. The number of primary amides is 1. The zero-order valence-electron chi connectivity index (χ0n) is 6.68. The highest BCUT2D eigenvalue weighted by Gasteiger charge is 2.21. The van der Waals surface area contributed by atoms with E-state index in [1.54, 1.807) is 22.6 Å². The SMILES string of the molecule is NC(=O)c1c(C(F)F)[nH]cc(I)c1=O. The first kappa shape index (κ1) is 11.1. The molecule has 0 saturated carbocycles. The number of hydrogen-bond donors (Lipinski definition) is 2. The smallest absolute Gasteiger partial charge is 0.279 e. The first-order chi connectivity index (χ1) is 6.45. The summed E-state index contributed by atoms with van der Waals surface area (Å²) in [6.45, 7) is 0. The van der Waals surface area contributed by atoms with E-state index in [0.29, 0.717) is 0 Å². The lowest BCUT2D eigenvalue weighted by atomic mass is 10.2. The van der Waals surface area contributed by atoms with Crippen molar-refractivity contribution >= 4 is 28.5 Å². The quantitative estimate of drug-likeness (QED) is 0.800. The molecule has 1 amide bonds. The summed E-state index contributed by atoms with van der Waals surface area (Å²) in [6.07, 6.45) is -1.82. The van der Waals surface area contributed by atoms with Crippen molar-refractivity contribution < 1.29 is 13.6 Å². The highest BCUT2D eigenvalue weighted by Crippen LogP contribution is 2.18. The van der Waals surface area contributed by atoms with Crippen LogP contribution < -0.4 is 11.2 Å². The first-order valence-corrected chi connectivity index (χ1v) is 4.52. The number of carbonyl (C=O) groups is 1. The van der Waals surface area contributed by atoms with Crippen LogP contribution in [0.4, 0.5) is 8.78 Å². The topological polar surface area (TPSA) is 76.0 Å². The van der Waals surface area contributed by atoms with Gasteiger partial charge in [0.1, 0.15) is 5.56 Å². The Bertz CT molecular complexity index is 430. The zero-order valence-corrected chi connectivity index (χ0v) is 8.84. The number of pyridine rings is 1. The molecular formula is C7H5F2IN2O2. The van der Waals surface area contributed by atoms with Crippen LogP contribution in [0.1, 0.15) is 22.5 Å². The van der Waals surface area contributed by atoms with Crippen molar-refractivity contribution in [2.45, 2.75) is 6.43 Å². The van der Waals surface area contributed by atoms with Gasteiger partial charge in [-0.3, -0.25) is 9.59 Å². The Balaban J connectivity index is 3.54. The highest BCUT2D eigenvalue weighted by atomic mass is 127. The average molecular weight is 314 g/mol. The molecule has 1 rings (SSSR count). The third-order valence-corrected chi connectivity index (χ3v) is 2.33. The third kappa shape index (κ3) is 1.91. The summed E-state index contributed by atoms with van der Waals surface area (Å²) in [5, 5.41) is 0. The number of aromatic nitrogens is 1. The van der Waals surface area contributed by atoms with Crippen molar-refractivity contribution in [3.63, 3.8) is 0 Å². The van der Waals surface area contributed by atoms with Crippen molar-refractivity contribution in [2.24, 2.45) is 5.73 Å². The van der Waals surface area contributed by atoms with Crippen LogP contribution in [0, 0.1) is 3.57 Å². The van der Waals surface area contributed by atoms with E-state index in [-0.39, 0.29) is 3.57 Å². The largest absolute Gasteiger partial charge is 0.365 e. The summed E-state index contributed by atoms with van der Waals surface area (Å²) in [4.78, 5) is 24.2. The zero-order chi connectivity index (χ0) is 10.9. The number of halogens is 3. The van der Waals surface area contributed by atoms with Crippen LogP contribution in [0.3, 0.4) is 0 Å². The molecule has 0 aliphatic heterocycles. The number of alkyl halides is 2. The summed E-state index contributed by atoms with van der Waals surface area (Å²) in [5.41, 5.74) is 2.65. The molecule has 0 spiro atoms. The minimum absolute atomic E-state index is 0.140. The molecule has 0 aliphatic carbocycles. The molecule has 0 bridgehead atoms. The van der Waals surface area contributed by atoms with E-state index in [0.717, 1.165) is 6.20 Å². The molecule has 0 atom stereocenters. The second-order valence-corrected chi connectivity index (χ2v) is 3.58. The molecule has 0 saturated heterocycles. The molecular weight excluding hydrogens is 309 g/mol. The molecule has 0 aromatic carbocycles. The van der Waals surface area contributed by atoms with Gasteiger partial charge >= 0.3 is 0 Å². The minimum atomic E-state index is -2.93. The maximum Gasteiger partial charge on any atom is 0.279 e. The van der Waals surface area contributed by atoms with Crippen LogP contribution in [0.2, 0.25) is 0 Å². The number of amides is 1. The lowest BCUT2D eigenvalue weighted by Crippen LogP contribution is -2.26. The Morgan fingerprint density at radius 3 is 2.57 bits per heavy atom. The lowest BCUT2D eigenvalue weighted by Gasteiger charge is -2.04. The number of carbonyl (C=O) groups excluding carboxylic acids is 1. The van der Waals surface area contributed by atoms with Crippen molar-refractivity contribution in [1.29, 1.82) is 0 Å². The van der Waals surface area contributed by atoms with Crippen molar-refractivity contribution in [3.05, 3.63) is 31.2 Å². The second kappa shape index (κ2) is 4.03. The molecule has 1 aromatic heterocycles. The summed E-state index contributed by atoms with van der Waals surface area (Å²) in [7, 11) is 0. The fraction of sp³-hybridized carbons (Fsp3) is 0.143. The first-order valence-electron chi connectivity index (χ1n) is 3.44. The lowest BCUT2D eigenvalue weighted by molar-refractivity contribution is 0.0981. The third-order valence-electron chi connectivity index (χ3n) is 1.53. The molecule has 1 aromatic rings. The van der Waals surface area contributed by atoms with Crippen LogP contribution in [0.25, 0.3) is 0 Å². The molecule has 0 radical (unpaired) electrons. The fourth-order valence-electron chi connectivity index (χ4n) is 0.937. The van der Waals surface area contributed by atoms with Gasteiger partial charge in [0.25, 0.3) is 12.3 Å². The molecule has 0 fully saturated rings. The molecule has 76 valence electrons. The Morgan fingerprint density at radius 1 is 1.57 bits per heavy atom. The molecule has 0 unspecified atom stereocenters. The summed E-state index contributed by atoms with van der Waals surface area (Å²) < 4.78 is 24.8. The van der Waals surface area contributed by atoms with Gasteiger partial charge in [-0.15, -0.1) is 0 Å². The maximum absolute atomic E-state index is 12.3. The second-order valence-electron chi connectivity index (χ2n) is 2.42. The van der Waals surface area contributed by atoms with Gasteiger partial charge in [0, 0.05) is 6.20 Å². The monoisotopic (exact) mass is 314 g/mol. The number of nitrogens with two attached hydrogens (primary N) is 1. The standard InChI is InChI=1S/C7H5F2IN2O2/c8-6(9)4-3(7(11)14)5(13)2(10)1-12-4/h1,6H,(H2,11,14)(H,12,13). The van der Waals surface area contributed by atoms with Crippen LogP contribution in [0.5, 0.6) is 0 Å². The minimum Gasteiger partial charge on any atom is -0.365 e. The maximum atomic E-state index is 12.3. The van der Waals surface area contributed by atoms with E-state index in [4.69, 9.17) is 5.73 Å². The fourth-order valence-corrected chi connectivity index (χ4v) is 1.36. The summed E-state index contributed by atoms with van der Waals surface area (Å²) >= 11 is 1.63. The number of aromatic amines is 1. The predicted molar refractivity (Wildman–Crippen MR) is 53.3 cm³/mol. The van der Waals surface area contributed by atoms with Crippen molar-refractivity contribution in [3.8, 4) is 0 Å². The summed E-state index contributed by atoms with van der Waals surface area (Å²) in [6, 6.07) is 0. The summed E-state index contributed by atoms with van der Waals surface area (Å²) in [5.74, 6) is -1.15. The van der Waals surface area contributed by atoms with Gasteiger partial charge in [-0.05, 0) is 22.6 Å². The van der Waals surface area contributed by atoms with E-state index in [1.165, 1.54) is 0 Å². The number of H-pyrrole nitrogens is 1. The molecule has 0 aliphatic rings. The van der Waals surface area contributed by atoms with Crippen LogP contribution >= 0.6 is 22.6 Å². The normalized spacial score (nSPS) is 10.6. The molecule has 3 N–H and O–H groups in total. The van der Waals surface area contributed by atoms with Crippen LogP contribution in [-0.4, -0.2) is 10.9 Å². The van der Waals surface area contributed by atoms with Gasteiger partial charge in [0.15, 0.2) is 0 Å². The molecule has 4 nitrogen and oxygen atoms in total. The number of hydrogen-bond acceptors (Lipinski definition) is 2. The van der Waals surface area contributed by atoms with E-state index in [9.17, 15) is 18.4 Å². The van der Waals surface area contributed by atoms with Gasteiger partial charge in [-0.25, -0.2) is 8.78 Å². The van der Waals surface area contributed by atoms with Crippen LogP contribution in [-0.2, 0) is 0 Å². The van der Waals surface area contributed by atoms with E-state index in [1.807, 2.05) is 0 Å². The average Bonchev–Trinajstić information content (AvgIpc) is 2.08. The Hall–Kier alpha value is -0.990. The molecule has 1 heterocycles. The van der Waals surface area contributed by atoms with E-state index < -0.39 is 29.0 Å². The van der Waals surface area contributed by atoms with E-state index in [2.05, 4.69) is 4.98 Å². The van der Waals surface area contributed by atoms with Gasteiger partial charge in [0.2, 0.25) is 5.43 Å². The molecule has 7 heteroatoms. The Kier molecular flexibility index (Phi) is 3.19. The number of nitrogens with one attached hydrogen (secondary N) is 1. The van der Waals surface area contributed by atoms with Crippen molar-refractivity contribution in [2.75, 3.05) is 0 Å². The van der Waals surface area contributed by atoms with Gasteiger partial charge in [-0.1, -0.05) is 0 Å². The Morgan fingerprint density at radius 2 is 2.14 bits per heavy atom. The molecule has 14 heavy (non-hydrogen) atoms. The Labute approximate surface area is 90.6 Å². The van der Waals surface area contributed by atoms with Gasteiger partial charge in [0.05, 0.1) is 9.26 Å². The van der Waals surface area contributed by atoms with Gasteiger partial charge < -0.3 is 10.7 Å². The van der Waals surface area contributed by atoms with Gasteiger partial charge in [-0.2, -0.15) is 0 Å². The van der Waals surface area contributed by atoms with Crippen molar-refractivity contribution in [1.82, 2.24) is 4.98 Å².